The maximum absolute atomic E-state index is 12.2. The van der Waals surface area contributed by atoms with Gasteiger partial charge in [0.25, 0.3) is 5.91 Å². The zero-order valence-corrected chi connectivity index (χ0v) is 12.6. The van der Waals surface area contributed by atoms with Crippen molar-refractivity contribution in [2.24, 2.45) is 5.92 Å². The van der Waals surface area contributed by atoms with Gasteiger partial charge in [0, 0.05) is 25.8 Å². The molecule has 0 saturated heterocycles. The van der Waals surface area contributed by atoms with Gasteiger partial charge in [0.15, 0.2) is 0 Å². The summed E-state index contributed by atoms with van der Waals surface area (Å²) in [5.74, 6) is 1.34. The standard InChI is InChI=1S/C16H24N2O2/c1-11-4-7-13(8-5-11)20-15-10-12(17)6-9-14(15)16(19)18(2)3/h6,9-11,13H,4-5,7-8,17H2,1-3H3. The van der Waals surface area contributed by atoms with Crippen molar-refractivity contribution in [3.63, 3.8) is 0 Å². The monoisotopic (exact) mass is 276 g/mol. The first-order chi connectivity index (χ1) is 9.47. The summed E-state index contributed by atoms with van der Waals surface area (Å²) in [5, 5.41) is 0. The van der Waals surface area contributed by atoms with Crippen LogP contribution in [0.3, 0.4) is 0 Å². The van der Waals surface area contributed by atoms with Crippen molar-refractivity contribution in [1.29, 1.82) is 0 Å². The van der Waals surface area contributed by atoms with E-state index >= 15 is 0 Å². The highest BCUT2D eigenvalue weighted by molar-refractivity contribution is 5.97. The number of nitrogens with zero attached hydrogens (tertiary/aromatic N) is 1. The van der Waals surface area contributed by atoms with E-state index in [1.807, 2.05) is 0 Å². The molecule has 2 rings (SSSR count). The summed E-state index contributed by atoms with van der Waals surface area (Å²) in [5.41, 5.74) is 7.04. The molecule has 0 heterocycles. The van der Waals surface area contributed by atoms with E-state index in [2.05, 4.69) is 6.92 Å². The Labute approximate surface area is 120 Å². The summed E-state index contributed by atoms with van der Waals surface area (Å²) in [6, 6.07) is 5.25. The summed E-state index contributed by atoms with van der Waals surface area (Å²) >= 11 is 0. The van der Waals surface area contributed by atoms with Gasteiger partial charge in [-0.2, -0.15) is 0 Å². The van der Waals surface area contributed by atoms with Crippen molar-refractivity contribution in [2.75, 3.05) is 19.8 Å². The molecule has 4 heteroatoms. The van der Waals surface area contributed by atoms with Crippen molar-refractivity contribution in [3.8, 4) is 5.75 Å². The third-order valence-corrected chi connectivity index (χ3v) is 3.90. The third-order valence-electron chi connectivity index (χ3n) is 3.90. The number of carbonyl (C=O) groups is 1. The first kappa shape index (κ1) is 14.7. The van der Waals surface area contributed by atoms with Gasteiger partial charge in [0.2, 0.25) is 0 Å². The average molecular weight is 276 g/mol. The number of ether oxygens (including phenoxy) is 1. The van der Waals surface area contributed by atoms with Crippen LogP contribution in [0.5, 0.6) is 5.75 Å². The largest absolute Gasteiger partial charge is 0.490 e. The number of anilines is 1. The molecule has 0 radical (unpaired) electrons. The fourth-order valence-electron chi connectivity index (χ4n) is 2.58. The lowest BCUT2D eigenvalue weighted by Gasteiger charge is -2.28. The summed E-state index contributed by atoms with van der Waals surface area (Å²) in [4.78, 5) is 13.7. The van der Waals surface area contributed by atoms with Gasteiger partial charge in [-0.1, -0.05) is 6.92 Å². The molecule has 1 aliphatic rings. The second-order valence-electron chi connectivity index (χ2n) is 5.95. The van der Waals surface area contributed by atoms with E-state index < -0.39 is 0 Å². The van der Waals surface area contributed by atoms with Gasteiger partial charge in [-0.05, 0) is 43.7 Å². The topological polar surface area (TPSA) is 55.6 Å². The minimum Gasteiger partial charge on any atom is -0.490 e. The minimum absolute atomic E-state index is 0.0517. The van der Waals surface area contributed by atoms with Crippen molar-refractivity contribution in [1.82, 2.24) is 4.90 Å². The van der Waals surface area contributed by atoms with E-state index in [1.165, 1.54) is 12.8 Å². The molecular formula is C16H24N2O2. The Bertz CT molecular complexity index is 477. The van der Waals surface area contributed by atoms with Gasteiger partial charge in [-0.3, -0.25) is 4.79 Å². The number of hydrogen-bond donors (Lipinski definition) is 1. The van der Waals surface area contributed by atoms with E-state index in [1.54, 1.807) is 37.2 Å². The van der Waals surface area contributed by atoms with Gasteiger partial charge in [0.1, 0.15) is 5.75 Å². The van der Waals surface area contributed by atoms with E-state index in [0.29, 0.717) is 17.0 Å². The Kier molecular flexibility index (Phi) is 4.53. The highest BCUT2D eigenvalue weighted by Crippen LogP contribution is 2.30. The quantitative estimate of drug-likeness (QED) is 0.864. The molecular weight excluding hydrogens is 252 g/mol. The van der Waals surface area contributed by atoms with E-state index in [0.717, 1.165) is 18.8 Å². The molecule has 0 aromatic heterocycles. The number of benzene rings is 1. The third kappa shape index (κ3) is 3.44. The Morgan fingerprint density at radius 3 is 2.50 bits per heavy atom. The Morgan fingerprint density at radius 2 is 1.90 bits per heavy atom. The SMILES string of the molecule is CC1CCC(Oc2cc(N)ccc2C(=O)N(C)C)CC1. The highest BCUT2D eigenvalue weighted by atomic mass is 16.5. The molecule has 0 bridgehead atoms. The van der Waals surface area contributed by atoms with Crippen molar-refractivity contribution >= 4 is 11.6 Å². The van der Waals surface area contributed by atoms with Crippen LogP contribution in [0.25, 0.3) is 0 Å². The molecule has 1 amide bonds. The molecule has 0 unspecified atom stereocenters. The molecule has 1 saturated carbocycles. The fraction of sp³-hybridized carbons (Fsp3) is 0.562. The zero-order valence-electron chi connectivity index (χ0n) is 12.6. The average Bonchev–Trinajstić information content (AvgIpc) is 2.41. The van der Waals surface area contributed by atoms with Crippen molar-refractivity contribution in [2.45, 2.75) is 38.7 Å². The Hall–Kier alpha value is -1.71. The summed E-state index contributed by atoms with van der Waals surface area (Å²) in [6.07, 6.45) is 4.66. The number of carbonyl (C=O) groups excluding carboxylic acids is 1. The molecule has 1 fully saturated rings. The van der Waals surface area contributed by atoms with Crippen LogP contribution in [0.2, 0.25) is 0 Å². The van der Waals surface area contributed by atoms with Gasteiger partial charge >= 0.3 is 0 Å². The number of amides is 1. The molecule has 1 aromatic rings. The number of rotatable bonds is 3. The molecule has 110 valence electrons. The smallest absolute Gasteiger partial charge is 0.257 e. The van der Waals surface area contributed by atoms with Crippen LogP contribution in [0.4, 0.5) is 5.69 Å². The lowest BCUT2D eigenvalue weighted by atomic mass is 9.89. The van der Waals surface area contributed by atoms with Crippen molar-refractivity contribution < 1.29 is 9.53 Å². The van der Waals surface area contributed by atoms with Crippen LogP contribution in [0.1, 0.15) is 43.0 Å². The highest BCUT2D eigenvalue weighted by Gasteiger charge is 2.22. The van der Waals surface area contributed by atoms with Crippen molar-refractivity contribution in [3.05, 3.63) is 23.8 Å². The van der Waals surface area contributed by atoms with E-state index in [9.17, 15) is 4.79 Å². The van der Waals surface area contributed by atoms with Gasteiger partial charge in [-0.15, -0.1) is 0 Å². The van der Waals surface area contributed by atoms with Crippen LogP contribution in [0, 0.1) is 5.92 Å². The number of nitrogens with two attached hydrogens (primary N) is 1. The lowest BCUT2D eigenvalue weighted by molar-refractivity contribution is 0.0813. The van der Waals surface area contributed by atoms with Crippen LogP contribution in [-0.2, 0) is 0 Å². The molecule has 4 nitrogen and oxygen atoms in total. The lowest BCUT2D eigenvalue weighted by Crippen LogP contribution is -2.26. The molecule has 1 aliphatic carbocycles. The van der Waals surface area contributed by atoms with Crippen LogP contribution in [0.15, 0.2) is 18.2 Å². The number of nitrogen functional groups attached to an aromatic ring is 1. The predicted octanol–water partition coefficient (Wildman–Crippen LogP) is 2.93. The van der Waals surface area contributed by atoms with Crippen LogP contribution < -0.4 is 10.5 Å². The summed E-state index contributed by atoms with van der Waals surface area (Å²) < 4.78 is 6.06. The molecule has 0 atom stereocenters. The second-order valence-corrected chi connectivity index (χ2v) is 5.95. The predicted molar refractivity (Wildman–Crippen MR) is 80.9 cm³/mol. The van der Waals surface area contributed by atoms with Gasteiger partial charge < -0.3 is 15.4 Å². The Morgan fingerprint density at radius 1 is 1.25 bits per heavy atom. The fourth-order valence-corrected chi connectivity index (χ4v) is 2.58. The second kappa shape index (κ2) is 6.16. The molecule has 1 aromatic carbocycles. The van der Waals surface area contributed by atoms with Gasteiger partial charge in [-0.25, -0.2) is 0 Å². The maximum Gasteiger partial charge on any atom is 0.257 e. The Balaban J connectivity index is 2.17. The van der Waals surface area contributed by atoms with Crippen LogP contribution in [-0.4, -0.2) is 31.0 Å². The maximum atomic E-state index is 12.2. The summed E-state index contributed by atoms with van der Waals surface area (Å²) in [6.45, 7) is 2.28. The summed E-state index contributed by atoms with van der Waals surface area (Å²) in [7, 11) is 3.48. The zero-order chi connectivity index (χ0) is 14.7. The number of hydrogen-bond acceptors (Lipinski definition) is 3. The molecule has 20 heavy (non-hydrogen) atoms. The van der Waals surface area contributed by atoms with Crippen LogP contribution >= 0.6 is 0 Å². The first-order valence-electron chi connectivity index (χ1n) is 7.25. The van der Waals surface area contributed by atoms with Gasteiger partial charge in [0.05, 0.1) is 11.7 Å². The molecule has 0 spiro atoms. The normalized spacial score (nSPS) is 22.4. The minimum atomic E-state index is -0.0517. The van der Waals surface area contributed by atoms with E-state index in [4.69, 9.17) is 10.5 Å². The molecule has 2 N–H and O–H groups in total. The first-order valence-corrected chi connectivity index (χ1v) is 7.25. The molecule has 0 aliphatic heterocycles. The van der Waals surface area contributed by atoms with E-state index in [-0.39, 0.29) is 12.0 Å².